The van der Waals surface area contributed by atoms with Crippen LogP contribution in [0.1, 0.15) is 22.5 Å². The number of hydrogen-bond donors (Lipinski definition) is 3. The number of aliphatic hydroxyl groups is 1. The van der Waals surface area contributed by atoms with E-state index in [-0.39, 0.29) is 24.0 Å². The molecule has 2 aliphatic rings. The molecule has 9 heteroatoms. The first-order valence-electron chi connectivity index (χ1n) is 8.96. The van der Waals surface area contributed by atoms with Gasteiger partial charge in [0.05, 0.1) is 29.6 Å². The van der Waals surface area contributed by atoms with Crippen molar-refractivity contribution in [1.82, 2.24) is 14.7 Å². The molecule has 146 valence electrons. The highest BCUT2D eigenvalue weighted by Crippen LogP contribution is 2.59. The minimum atomic E-state index is -3.05. The van der Waals surface area contributed by atoms with E-state index in [1.54, 1.807) is 21.7 Å². The average Bonchev–Trinajstić information content (AvgIpc) is 3.04. The highest BCUT2D eigenvalue weighted by molar-refractivity contribution is 8.23. The lowest BCUT2D eigenvalue weighted by atomic mass is 10.1. The molecule has 4 rings (SSSR count). The fraction of sp³-hybridized carbons (Fsp3) is 0.444. The number of carbonyl (C=O) groups excluding carboxylic acids is 1. The molecule has 27 heavy (non-hydrogen) atoms. The zero-order valence-electron chi connectivity index (χ0n) is 14.9. The van der Waals surface area contributed by atoms with Crippen molar-refractivity contribution in [3.63, 3.8) is 0 Å². The van der Waals surface area contributed by atoms with Crippen molar-refractivity contribution in [3.8, 4) is 11.3 Å². The Morgan fingerprint density at radius 1 is 1.22 bits per heavy atom. The predicted octanol–water partition coefficient (Wildman–Crippen LogP) is 2.03. The van der Waals surface area contributed by atoms with E-state index in [1.807, 2.05) is 12.1 Å². The van der Waals surface area contributed by atoms with Gasteiger partial charge in [0.1, 0.15) is 0 Å². The molecule has 0 atom stereocenters. The number of hydrogen-bond acceptors (Lipinski definition) is 6. The van der Waals surface area contributed by atoms with Gasteiger partial charge in [-0.3, -0.25) is 18.6 Å². The summed E-state index contributed by atoms with van der Waals surface area (Å²) < 4.78 is 28.4. The number of morpholine rings is 1. The minimum absolute atomic E-state index is 0.0121. The maximum absolute atomic E-state index is 13.1. The number of aromatic nitrogens is 2. The van der Waals surface area contributed by atoms with Gasteiger partial charge in [-0.1, -0.05) is 18.2 Å². The first-order chi connectivity index (χ1) is 13.0. The molecule has 3 heterocycles. The normalized spacial score (nSPS) is 19.3. The molecule has 0 saturated carbocycles. The van der Waals surface area contributed by atoms with Crippen molar-refractivity contribution in [2.45, 2.75) is 23.6 Å². The molecule has 1 saturated heterocycles. The summed E-state index contributed by atoms with van der Waals surface area (Å²) in [5.74, 6) is -0.240. The zero-order valence-corrected chi connectivity index (χ0v) is 15.7. The summed E-state index contributed by atoms with van der Waals surface area (Å²) in [6.07, 6.45) is 0.498. The van der Waals surface area contributed by atoms with Crippen LogP contribution in [-0.2, 0) is 17.0 Å². The number of amides is 1. The molecule has 1 aromatic carbocycles. The van der Waals surface area contributed by atoms with E-state index in [0.29, 0.717) is 55.3 Å². The predicted molar refractivity (Wildman–Crippen MR) is 101 cm³/mol. The Kier molecular flexibility index (Phi) is 4.95. The van der Waals surface area contributed by atoms with Gasteiger partial charge in [0.15, 0.2) is 5.69 Å². The highest BCUT2D eigenvalue weighted by atomic mass is 32.3. The fourth-order valence-corrected chi connectivity index (χ4v) is 5.28. The van der Waals surface area contributed by atoms with Crippen molar-refractivity contribution in [1.29, 1.82) is 0 Å². The summed E-state index contributed by atoms with van der Waals surface area (Å²) in [5.41, 5.74) is 2.26. The third kappa shape index (κ3) is 3.26. The van der Waals surface area contributed by atoms with E-state index in [1.165, 1.54) is 0 Å². The first-order valence-corrected chi connectivity index (χ1v) is 10.7. The second kappa shape index (κ2) is 7.25. The highest BCUT2D eigenvalue weighted by Gasteiger charge is 2.36. The summed E-state index contributed by atoms with van der Waals surface area (Å²) in [7, 11) is -3.05. The lowest BCUT2D eigenvalue weighted by Crippen LogP contribution is -2.41. The van der Waals surface area contributed by atoms with Crippen LogP contribution in [0.15, 0.2) is 29.2 Å². The molecule has 0 unspecified atom stereocenters. The molecule has 8 nitrogen and oxygen atoms in total. The van der Waals surface area contributed by atoms with Crippen LogP contribution in [0.25, 0.3) is 11.3 Å². The molecule has 2 aliphatic heterocycles. The van der Waals surface area contributed by atoms with Gasteiger partial charge in [0, 0.05) is 37.4 Å². The van der Waals surface area contributed by atoms with Crippen LogP contribution in [0, 0.1) is 0 Å². The van der Waals surface area contributed by atoms with E-state index in [0.717, 1.165) is 5.69 Å². The van der Waals surface area contributed by atoms with E-state index in [9.17, 15) is 19.0 Å². The van der Waals surface area contributed by atoms with E-state index < -0.39 is 10.6 Å². The van der Waals surface area contributed by atoms with Crippen LogP contribution >= 0.6 is 10.6 Å². The lowest BCUT2D eigenvalue weighted by molar-refractivity contribution is 0.0298. The quantitative estimate of drug-likeness (QED) is 0.734. The number of benzene rings is 1. The second-order valence-corrected chi connectivity index (χ2v) is 8.75. The van der Waals surface area contributed by atoms with Gasteiger partial charge < -0.3 is 14.7 Å². The average molecular weight is 393 g/mol. The van der Waals surface area contributed by atoms with Crippen molar-refractivity contribution < 1.29 is 23.7 Å². The Balaban J connectivity index is 1.84. The van der Waals surface area contributed by atoms with Gasteiger partial charge in [-0.25, -0.2) is 0 Å². The topological polar surface area (TPSA) is 108 Å². The third-order valence-electron chi connectivity index (χ3n) is 4.92. The Hall–Kier alpha value is -1.91. The molecule has 1 fully saturated rings. The maximum Gasteiger partial charge on any atom is 0.274 e. The number of aliphatic hydroxyl groups excluding tert-OH is 1. The number of carbonyl (C=O) groups is 1. The van der Waals surface area contributed by atoms with Crippen molar-refractivity contribution >= 4 is 16.5 Å². The Morgan fingerprint density at radius 2 is 1.96 bits per heavy atom. The SMILES string of the molecule is O=C(c1nn(CCCO)c2c1CS(O)(O)c1ccccc1-2)N1CCOCC1. The van der Waals surface area contributed by atoms with Crippen molar-refractivity contribution in [2.75, 3.05) is 32.9 Å². The maximum atomic E-state index is 13.1. The largest absolute Gasteiger partial charge is 0.396 e. The molecule has 1 aromatic heterocycles. The Labute approximate surface area is 158 Å². The number of ether oxygens (including phenoxy) is 1. The van der Waals surface area contributed by atoms with Gasteiger partial charge in [-0.2, -0.15) is 15.7 Å². The Bertz CT molecular complexity index is 861. The number of nitrogens with zero attached hydrogens (tertiary/aromatic N) is 3. The van der Waals surface area contributed by atoms with E-state index in [2.05, 4.69) is 5.10 Å². The number of rotatable bonds is 4. The molecular weight excluding hydrogens is 370 g/mol. The molecule has 1 amide bonds. The molecule has 3 N–H and O–H groups in total. The lowest BCUT2D eigenvalue weighted by Gasteiger charge is -2.38. The minimum Gasteiger partial charge on any atom is -0.396 e. The summed E-state index contributed by atoms with van der Waals surface area (Å²) in [6.45, 7) is 2.41. The summed E-state index contributed by atoms with van der Waals surface area (Å²) >= 11 is 0. The van der Waals surface area contributed by atoms with Crippen LogP contribution in [0.5, 0.6) is 0 Å². The van der Waals surface area contributed by atoms with Gasteiger partial charge in [-0.05, 0) is 12.5 Å². The fourth-order valence-electron chi connectivity index (χ4n) is 3.63. The van der Waals surface area contributed by atoms with E-state index >= 15 is 0 Å². The summed E-state index contributed by atoms with van der Waals surface area (Å²) in [4.78, 5) is 15.2. The summed E-state index contributed by atoms with van der Waals surface area (Å²) in [5, 5.41) is 13.8. The zero-order chi connectivity index (χ0) is 19.0. The van der Waals surface area contributed by atoms with Crippen molar-refractivity contribution in [3.05, 3.63) is 35.5 Å². The molecule has 0 spiro atoms. The third-order valence-corrected chi connectivity index (χ3v) is 6.67. The van der Waals surface area contributed by atoms with Gasteiger partial charge in [0.2, 0.25) is 0 Å². The standard InChI is InChI=1S/C18H23N3O5S/c22-9-3-6-21-17-13-4-1-2-5-15(13)27(24,25)12-14(17)16(19-21)18(23)20-7-10-26-11-8-20/h1-2,4-5,22,24-25H,3,6-12H2. The molecule has 0 aliphatic carbocycles. The van der Waals surface area contributed by atoms with Gasteiger partial charge in [-0.15, -0.1) is 0 Å². The monoisotopic (exact) mass is 393 g/mol. The summed E-state index contributed by atoms with van der Waals surface area (Å²) in [6, 6.07) is 7.13. The van der Waals surface area contributed by atoms with Crippen LogP contribution in [-0.4, -0.2) is 67.7 Å². The van der Waals surface area contributed by atoms with Crippen LogP contribution in [0.3, 0.4) is 0 Å². The number of fused-ring (bicyclic) bond motifs is 3. The number of aryl methyl sites for hydroxylation is 1. The first kappa shape index (κ1) is 18.5. The molecule has 0 bridgehead atoms. The van der Waals surface area contributed by atoms with Crippen molar-refractivity contribution in [2.24, 2.45) is 0 Å². The molecule has 2 aromatic rings. The van der Waals surface area contributed by atoms with Gasteiger partial charge >= 0.3 is 0 Å². The van der Waals surface area contributed by atoms with Crippen LogP contribution in [0.4, 0.5) is 0 Å². The van der Waals surface area contributed by atoms with Gasteiger partial charge in [0.25, 0.3) is 5.91 Å². The Morgan fingerprint density at radius 3 is 2.70 bits per heavy atom. The molecular formula is C18H23N3O5S. The van der Waals surface area contributed by atoms with E-state index in [4.69, 9.17) is 4.74 Å². The van der Waals surface area contributed by atoms with Crippen LogP contribution < -0.4 is 0 Å². The second-order valence-electron chi connectivity index (χ2n) is 6.69. The molecule has 0 radical (unpaired) electrons. The smallest absolute Gasteiger partial charge is 0.274 e. The van der Waals surface area contributed by atoms with Crippen LogP contribution in [0.2, 0.25) is 0 Å².